The van der Waals surface area contributed by atoms with Gasteiger partial charge in [-0.3, -0.25) is 0 Å². The molecule has 0 amide bonds. The van der Waals surface area contributed by atoms with E-state index in [0.717, 1.165) is 29.2 Å². The van der Waals surface area contributed by atoms with Gasteiger partial charge in [0.15, 0.2) is 5.65 Å². The van der Waals surface area contributed by atoms with E-state index in [1.807, 2.05) is 12.1 Å². The molecule has 8 heteroatoms. The molecule has 1 unspecified atom stereocenters. The number of rotatable bonds is 5. The molecule has 0 bridgehead atoms. The van der Waals surface area contributed by atoms with Crippen molar-refractivity contribution in [3.8, 4) is 0 Å². The third-order valence-corrected chi connectivity index (χ3v) is 6.81. The SMILES string of the molecule is Cc1ccsc1C1=NOC(C)(CSCc2nc3cccnc3n2Cl)C1. The molecule has 0 spiro atoms. The van der Waals surface area contributed by atoms with Gasteiger partial charge in [0.25, 0.3) is 0 Å². The number of oxime groups is 1. The molecule has 0 N–H and O–H groups in total. The van der Waals surface area contributed by atoms with Gasteiger partial charge in [-0.1, -0.05) is 5.16 Å². The summed E-state index contributed by atoms with van der Waals surface area (Å²) in [4.78, 5) is 15.8. The van der Waals surface area contributed by atoms with Crippen LogP contribution in [0.15, 0.2) is 34.9 Å². The largest absolute Gasteiger partial charge is 0.388 e. The van der Waals surface area contributed by atoms with Crippen molar-refractivity contribution in [2.75, 3.05) is 5.75 Å². The standard InChI is InChI=1S/C17H17ClN4OS2/c1-11-5-7-25-15(11)13-8-17(2,23-21-13)10-24-9-14-20-12-4-3-6-19-16(12)22(14)18/h3-7H,8-10H2,1-2H3. The molecule has 0 saturated carbocycles. The number of imidazole rings is 1. The first-order chi connectivity index (χ1) is 12.1. The van der Waals surface area contributed by atoms with Crippen molar-refractivity contribution in [1.29, 1.82) is 0 Å². The van der Waals surface area contributed by atoms with E-state index in [9.17, 15) is 0 Å². The lowest BCUT2D eigenvalue weighted by Crippen LogP contribution is -2.28. The zero-order valence-electron chi connectivity index (χ0n) is 13.9. The Kier molecular flexibility index (Phi) is 4.47. The summed E-state index contributed by atoms with van der Waals surface area (Å²) in [5.74, 6) is 2.32. The second-order valence-electron chi connectivity index (χ2n) is 6.34. The third kappa shape index (κ3) is 3.28. The highest BCUT2D eigenvalue weighted by Crippen LogP contribution is 2.33. The number of thioether (sulfide) groups is 1. The highest BCUT2D eigenvalue weighted by atomic mass is 35.5. The molecule has 3 aromatic heterocycles. The van der Waals surface area contributed by atoms with Crippen LogP contribution in [0.1, 0.15) is 29.6 Å². The van der Waals surface area contributed by atoms with Crippen LogP contribution in [0.25, 0.3) is 11.2 Å². The molecule has 1 aliphatic rings. The van der Waals surface area contributed by atoms with E-state index in [4.69, 9.17) is 16.6 Å². The Bertz CT molecular complexity index is 951. The first kappa shape index (κ1) is 16.9. The third-order valence-electron chi connectivity index (χ3n) is 4.11. The number of pyridine rings is 1. The lowest BCUT2D eigenvalue weighted by atomic mass is 10.0. The van der Waals surface area contributed by atoms with E-state index < -0.39 is 0 Å². The van der Waals surface area contributed by atoms with E-state index in [-0.39, 0.29) is 5.60 Å². The van der Waals surface area contributed by atoms with Gasteiger partial charge >= 0.3 is 0 Å². The van der Waals surface area contributed by atoms with Crippen molar-refractivity contribution < 1.29 is 4.84 Å². The number of hydrogen-bond acceptors (Lipinski definition) is 6. The quantitative estimate of drug-likeness (QED) is 0.635. The van der Waals surface area contributed by atoms with Crippen molar-refractivity contribution in [1.82, 2.24) is 14.1 Å². The van der Waals surface area contributed by atoms with Crippen molar-refractivity contribution >= 4 is 51.8 Å². The van der Waals surface area contributed by atoms with E-state index in [1.165, 1.54) is 14.5 Å². The number of fused-ring (bicyclic) bond motifs is 1. The Morgan fingerprint density at radius 3 is 3.08 bits per heavy atom. The van der Waals surface area contributed by atoms with Gasteiger partial charge < -0.3 is 4.84 Å². The van der Waals surface area contributed by atoms with Crippen LogP contribution < -0.4 is 0 Å². The summed E-state index contributed by atoms with van der Waals surface area (Å²) < 4.78 is 1.54. The van der Waals surface area contributed by atoms with Crippen LogP contribution in [0, 0.1) is 6.92 Å². The Balaban J connectivity index is 1.39. The van der Waals surface area contributed by atoms with Crippen LogP contribution in [0.5, 0.6) is 0 Å². The fraction of sp³-hybridized carbons (Fsp3) is 0.353. The summed E-state index contributed by atoms with van der Waals surface area (Å²) in [6.45, 7) is 4.21. The number of thiophene rings is 1. The van der Waals surface area contributed by atoms with Gasteiger partial charge in [-0.15, -0.1) is 23.1 Å². The fourth-order valence-corrected chi connectivity index (χ4v) is 5.10. The van der Waals surface area contributed by atoms with Crippen LogP contribution in [-0.2, 0) is 10.6 Å². The average molecular weight is 393 g/mol. The average Bonchev–Trinajstić information content (AvgIpc) is 3.27. The van der Waals surface area contributed by atoms with E-state index >= 15 is 0 Å². The monoisotopic (exact) mass is 392 g/mol. The van der Waals surface area contributed by atoms with Crippen LogP contribution in [0.3, 0.4) is 0 Å². The number of hydrogen-bond donors (Lipinski definition) is 0. The summed E-state index contributed by atoms with van der Waals surface area (Å²) >= 11 is 9.78. The topological polar surface area (TPSA) is 52.3 Å². The smallest absolute Gasteiger partial charge is 0.175 e. The Morgan fingerprint density at radius 2 is 2.32 bits per heavy atom. The normalized spacial score (nSPS) is 20.0. The Hall–Kier alpha value is -1.57. The molecule has 3 aromatic rings. The van der Waals surface area contributed by atoms with Gasteiger partial charge in [0.05, 0.1) is 10.6 Å². The molecule has 4 heterocycles. The molecule has 0 aliphatic carbocycles. The summed E-state index contributed by atoms with van der Waals surface area (Å²) in [5.41, 5.74) is 3.52. The van der Waals surface area contributed by atoms with E-state index in [0.29, 0.717) is 11.4 Å². The maximum Gasteiger partial charge on any atom is 0.175 e. The van der Waals surface area contributed by atoms with Crippen molar-refractivity contribution in [2.24, 2.45) is 5.16 Å². The van der Waals surface area contributed by atoms with Crippen molar-refractivity contribution in [3.05, 3.63) is 46.0 Å². The molecule has 5 nitrogen and oxygen atoms in total. The predicted molar refractivity (Wildman–Crippen MR) is 105 cm³/mol. The minimum absolute atomic E-state index is 0.294. The second kappa shape index (κ2) is 6.63. The maximum atomic E-state index is 6.32. The van der Waals surface area contributed by atoms with Gasteiger partial charge in [-0.05, 0) is 43.0 Å². The van der Waals surface area contributed by atoms with Crippen LogP contribution >= 0.6 is 34.9 Å². The van der Waals surface area contributed by atoms with Gasteiger partial charge in [0.2, 0.25) is 0 Å². The van der Waals surface area contributed by atoms with Gasteiger partial charge in [0, 0.05) is 30.1 Å². The Morgan fingerprint density at radius 1 is 1.44 bits per heavy atom. The molecule has 4 rings (SSSR count). The van der Waals surface area contributed by atoms with Gasteiger partial charge in [-0.25, -0.2) is 14.1 Å². The zero-order valence-corrected chi connectivity index (χ0v) is 16.3. The zero-order chi connectivity index (χ0) is 17.4. The summed E-state index contributed by atoms with van der Waals surface area (Å²) in [7, 11) is 0. The van der Waals surface area contributed by atoms with Gasteiger partial charge in [-0.2, -0.15) is 0 Å². The molecule has 25 heavy (non-hydrogen) atoms. The molecule has 0 fully saturated rings. The molecule has 0 radical (unpaired) electrons. The number of aryl methyl sites for hydroxylation is 1. The van der Waals surface area contributed by atoms with E-state index in [1.54, 1.807) is 29.3 Å². The highest BCUT2D eigenvalue weighted by Gasteiger charge is 2.35. The summed E-state index contributed by atoms with van der Waals surface area (Å²) in [6, 6.07) is 5.90. The molecule has 130 valence electrons. The van der Waals surface area contributed by atoms with Gasteiger partial charge in [0.1, 0.15) is 22.7 Å². The van der Waals surface area contributed by atoms with Crippen molar-refractivity contribution in [3.63, 3.8) is 0 Å². The molecule has 1 atom stereocenters. The molecular weight excluding hydrogens is 376 g/mol. The molecular formula is C17H17ClN4OS2. The first-order valence-electron chi connectivity index (χ1n) is 7.91. The highest BCUT2D eigenvalue weighted by molar-refractivity contribution is 7.98. The van der Waals surface area contributed by atoms with Crippen LogP contribution in [-0.4, -0.2) is 31.1 Å². The minimum atomic E-state index is -0.294. The van der Waals surface area contributed by atoms with Crippen LogP contribution in [0.2, 0.25) is 0 Å². The first-order valence-corrected chi connectivity index (χ1v) is 10.3. The number of halogens is 1. The summed E-state index contributed by atoms with van der Waals surface area (Å²) in [6.07, 6.45) is 2.54. The predicted octanol–water partition coefficient (Wildman–Crippen LogP) is 4.62. The molecule has 0 saturated heterocycles. The van der Waals surface area contributed by atoms with Crippen molar-refractivity contribution in [2.45, 2.75) is 31.6 Å². The minimum Gasteiger partial charge on any atom is -0.388 e. The Labute approximate surface area is 159 Å². The second-order valence-corrected chi connectivity index (χ2v) is 8.58. The lowest BCUT2D eigenvalue weighted by Gasteiger charge is -2.20. The summed E-state index contributed by atoms with van der Waals surface area (Å²) in [5, 5.41) is 6.42. The maximum absolute atomic E-state index is 6.32. The molecule has 0 aromatic carbocycles. The molecule has 1 aliphatic heterocycles. The fourth-order valence-electron chi connectivity index (χ4n) is 2.83. The van der Waals surface area contributed by atoms with Crippen LogP contribution in [0.4, 0.5) is 0 Å². The number of nitrogens with zero attached hydrogens (tertiary/aromatic N) is 4. The number of aromatic nitrogens is 3. The lowest BCUT2D eigenvalue weighted by molar-refractivity contribution is 0.0163. The van der Waals surface area contributed by atoms with E-state index in [2.05, 4.69) is 40.4 Å².